The molecule has 0 aliphatic carbocycles. The van der Waals surface area contributed by atoms with E-state index in [9.17, 15) is 5.11 Å². The van der Waals surface area contributed by atoms with Crippen LogP contribution in [-0.4, -0.2) is 42.7 Å². The molecule has 1 atom stereocenters. The molecule has 114 valence electrons. The zero-order valence-electron chi connectivity index (χ0n) is 13.5. The number of hydrogen-bond donors (Lipinski definition) is 1. The van der Waals surface area contributed by atoms with Gasteiger partial charge in [0, 0.05) is 18.8 Å². The molecule has 0 aliphatic heterocycles. The Morgan fingerprint density at radius 1 is 0.950 bits per heavy atom. The van der Waals surface area contributed by atoms with Gasteiger partial charge in [-0.05, 0) is 57.6 Å². The minimum atomic E-state index is -0.387. The van der Waals surface area contributed by atoms with Gasteiger partial charge >= 0.3 is 0 Å². The highest BCUT2D eigenvalue weighted by atomic mass is 16.3. The standard InChI is InChI=1S/C17H30N2O/c1-5-18(6-2)13-8-14-19(7-3)17-11-9-16(10-12-17)15(4)20/h9-12,15,20H,5-8,13-14H2,1-4H3/t15-/m1/s1. The lowest BCUT2D eigenvalue weighted by Crippen LogP contribution is -2.29. The van der Waals surface area contributed by atoms with Crippen molar-refractivity contribution in [2.24, 2.45) is 0 Å². The van der Waals surface area contributed by atoms with E-state index < -0.39 is 0 Å². The van der Waals surface area contributed by atoms with Crippen molar-refractivity contribution in [3.63, 3.8) is 0 Å². The monoisotopic (exact) mass is 278 g/mol. The Morgan fingerprint density at radius 2 is 1.55 bits per heavy atom. The molecule has 1 N–H and O–H groups in total. The predicted octanol–water partition coefficient (Wildman–Crippen LogP) is 3.30. The van der Waals surface area contributed by atoms with Gasteiger partial charge in [-0.2, -0.15) is 0 Å². The van der Waals surface area contributed by atoms with E-state index in [1.165, 1.54) is 12.1 Å². The maximum atomic E-state index is 9.55. The van der Waals surface area contributed by atoms with E-state index in [4.69, 9.17) is 0 Å². The van der Waals surface area contributed by atoms with E-state index >= 15 is 0 Å². The Hall–Kier alpha value is -1.06. The Bertz CT molecular complexity index is 358. The molecule has 0 bridgehead atoms. The number of aliphatic hydroxyl groups excluding tert-OH is 1. The van der Waals surface area contributed by atoms with Gasteiger partial charge in [0.2, 0.25) is 0 Å². The molecule has 0 fully saturated rings. The van der Waals surface area contributed by atoms with Crippen molar-refractivity contribution in [3.05, 3.63) is 29.8 Å². The Balaban J connectivity index is 2.53. The first kappa shape index (κ1) is 17.0. The number of hydrogen-bond acceptors (Lipinski definition) is 3. The summed E-state index contributed by atoms with van der Waals surface area (Å²) in [6, 6.07) is 8.27. The third-order valence-electron chi connectivity index (χ3n) is 3.92. The molecule has 0 saturated carbocycles. The lowest BCUT2D eigenvalue weighted by atomic mass is 10.1. The Morgan fingerprint density at radius 3 is 2.00 bits per heavy atom. The molecule has 3 heteroatoms. The van der Waals surface area contributed by atoms with Crippen LogP contribution < -0.4 is 4.90 Å². The maximum Gasteiger partial charge on any atom is 0.0761 e. The third-order valence-corrected chi connectivity index (χ3v) is 3.92. The Kier molecular flexibility index (Phi) is 7.63. The molecule has 0 aliphatic rings. The van der Waals surface area contributed by atoms with Crippen LogP contribution in [0.25, 0.3) is 0 Å². The second-order valence-corrected chi connectivity index (χ2v) is 5.23. The lowest BCUT2D eigenvalue weighted by molar-refractivity contribution is 0.199. The van der Waals surface area contributed by atoms with Gasteiger partial charge in [-0.1, -0.05) is 26.0 Å². The molecule has 3 nitrogen and oxygen atoms in total. The minimum Gasteiger partial charge on any atom is -0.389 e. The van der Waals surface area contributed by atoms with Crippen LogP contribution in [0, 0.1) is 0 Å². The molecule has 0 radical (unpaired) electrons. The summed E-state index contributed by atoms with van der Waals surface area (Å²) in [5.41, 5.74) is 2.23. The largest absolute Gasteiger partial charge is 0.389 e. The van der Waals surface area contributed by atoms with Gasteiger partial charge in [-0.3, -0.25) is 0 Å². The lowest BCUT2D eigenvalue weighted by Gasteiger charge is -2.25. The second kappa shape index (κ2) is 8.98. The SMILES string of the molecule is CCN(CC)CCCN(CC)c1ccc([C@@H](C)O)cc1. The van der Waals surface area contributed by atoms with Crippen molar-refractivity contribution < 1.29 is 5.11 Å². The van der Waals surface area contributed by atoms with Crippen LogP contribution in [0.15, 0.2) is 24.3 Å². The van der Waals surface area contributed by atoms with Crippen LogP contribution in [-0.2, 0) is 0 Å². The van der Waals surface area contributed by atoms with Gasteiger partial charge in [0.25, 0.3) is 0 Å². The van der Waals surface area contributed by atoms with E-state index in [0.29, 0.717) is 0 Å². The number of anilines is 1. The van der Waals surface area contributed by atoms with Gasteiger partial charge in [0.05, 0.1) is 6.10 Å². The molecule has 1 rings (SSSR count). The van der Waals surface area contributed by atoms with Crippen molar-refractivity contribution >= 4 is 5.69 Å². The molecule has 0 unspecified atom stereocenters. The summed E-state index contributed by atoms with van der Waals surface area (Å²) in [7, 11) is 0. The van der Waals surface area contributed by atoms with Gasteiger partial charge in [0.1, 0.15) is 0 Å². The van der Waals surface area contributed by atoms with E-state index in [-0.39, 0.29) is 6.10 Å². The first-order valence-electron chi connectivity index (χ1n) is 7.87. The Labute approximate surface area is 124 Å². The zero-order valence-corrected chi connectivity index (χ0v) is 13.5. The summed E-state index contributed by atoms with van der Waals surface area (Å²) in [5, 5.41) is 9.55. The summed E-state index contributed by atoms with van der Waals surface area (Å²) in [6.07, 6.45) is 0.801. The molecule has 0 saturated heterocycles. The molecule has 0 aromatic heterocycles. The van der Waals surface area contributed by atoms with E-state index in [1.807, 2.05) is 12.1 Å². The van der Waals surface area contributed by atoms with Crippen LogP contribution in [0.2, 0.25) is 0 Å². The summed E-state index contributed by atoms with van der Waals surface area (Å²) in [4.78, 5) is 4.86. The average Bonchev–Trinajstić information content (AvgIpc) is 2.48. The van der Waals surface area contributed by atoms with Crippen molar-refractivity contribution in [2.45, 2.75) is 40.2 Å². The van der Waals surface area contributed by atoms with E-state index in [1.54, 1.807) is 6.92 Å². The van der Waals surface area contributed by atoms with Crippen molar-refractivity contribution in [2.75, 3.05) is 37.6 Å². The highest BCUT2D eigenvalue weighted by Crippen LogP contribution is 2.19. The van der Waals surface area contributed by atoms with Crippen LogP contribution in [0.4, 0.5) is 5.69 Å². The molecule has 0 spiro atoms. The number of nitrogens with zero attached hydrogens (tertiary/aromatic N) is 2. The number of benzene rings is 1. The average molecular weight is 278 g/mol. The topological polar surface area (TPSA) is 26.7 Å². The molecular weight excluding hydrogens is 248 g/mol. The molecule has 1 aromatic rings. The fourth-order valence-corrected chi connectivity index (χ4v) is 2.46. The van der Waals surface area contributed by atoms with Gasteiger partial charge < -0.3 is 14.9 Å². The van der Waals surface area contributed by atoms with Crippen molar-refractivity contribution in [3.8, 4) is 0 Å². The van der Waals surface area contributed by atoms with Crippen LogP contribution >= 0.6 is 0 Å². The van der Waals surface area contributed by atoms with Gasteiger partial charge in [-0.25, -0.2) is 0 Å². The molecular formula is C17H30N2O. The molecule has 0 heterocycles. The first-order chi connectivity index (χ1) is 9.62. The van der Waals surface area contributed by atoms with Gasteiger partial charge in [-0.15, -0.1) is 0 Å². The normalized spacial score (nSPS) is 12.7. The number of rotatable bonds is 9. The quantitative estimate of drug-likeness (QED) is 0.751. The third kappa shape index (κ3) is 5.14. The second-order valence-electron chi connectivity index (χ2n) is 5.23. The van der Waals surface area contributed by atoms with Crippen molar-refractivity contribution in [1.82, 2.24) is 4.90 Å². The molecule has 0 amide bonds. The highest BCUT2D eigenvalue weighted by Gasteiger charge is 2.07. The summed E-state index contributed by atoms with van der Waals surface area (Å²) in [6.45, 7) is 14.0. The minimum absolute atomic E-state index is 0.387. The van der Waals surface area contributed by atoms with E-state index in [2.05, 4.69) is 42.7 Å². The maximum absolute atomic E-state index is 9.55. The van der Waals surface area contributed by atoms with Crippen LogP contribution in [0.3, 0.4) is 0 Å². The predicted molar refractivity (Wildman–Crippen MR) is 87.4 cm³/mol. The molecule has 20 heavy (non-hydrogen) atoms. The fraction of sp³-hybridized carbons (Fsp3) is 0.647. The fourth-order valence-electron chi connectivity index (χ4n) is 2.46. The zero-order chi connectivity index (χ0) is 15.0. The summed E-state index contributed by atoms with van der Waals surface area (Å²) < 4.78 is 0. The van der Waals surface area contributed by atoms with Crippen LogP contribution in [0.1, 0.15) is 45.8 Å². The summed E-state index contributed by atoms with van der Waals surface area (Å²) >= 11 is 0. The summed E-state index contributed by atoms with van der Waals surface area (Å²) in [5.74, 6) is 0. The van der Waals surface area contributed by atoms with Gasteiger partial charge in [0.15, 0.2) is 0 Å². The van der Waals surface area contributed by atoms with E-state index in [0.717, 1.165) is 38.3 Å². The van der Waals surface area contributed by atoms with Crippen molar-refractivity contribution in [1.29, 1.82) is 0 Å². The first-order valence-corrected chi connectivity index (χ1v) is 7.87. The molecule has 1 aromatic carbocycles. The van der Waals surface area contributed by atoms with Crippen LogP contribution in [0.5, 0.6) is 0 Å². The number of aliphatic hydroxyl groups is 1. The highest BCUT2D eigenvalue weighted by molar-refractivity contribution is 5.47. The smallest absolute Gasteiger partial charge is 0.0761 e.